The minimum atomic E-state index is -0.455. The number of hydrogen-bond donors (Lipinski definition) is 0. The Bertz CT molecular complexity index is 1340. The third-order valence-electron chi connectivity index (χ3n) is 6.27. The molecule has 4 heterocycles. The Hall–Kier alpha value is -3.07. The van der Waals surface area contributed by atoms with E-state index in [0.29, 0.717) is 29.2 Å². The molecule has 2 aliphatic rings. The molecule has 0 radical (unpaired) electrons. The molecule has 1 aliphatic carbocycles. The summed E-state index contributed by atoms with van der Waals surface area (Å²) in [5.74, 6) is 0.380. The maximum atomic E-state index is 14.8. The zero-order chi connectivity index (χ0) is 20.5. The van der Waals surface area contributed by atoms with E-state index >= 15 is 0 Å². The van der Waals surface area contributed by atoms with Gasteiger partial charge in [-0.3, -0.25) is 13.8 Å². The van der Waals surface area contributed by atoms with E-state index in [0.717, 1.165) is 25.7 Å². The van der Waals surface area contributed by atoms with Crippen molar-refractivity contribution < 1.29 is 13.7 Å². The zero-order valence-electron chi connectivity index (χ0n) is 16.5. The van der Waals surface area contributed by atoms with Crippen molar-refractivity contribution in [1.82, 2.24) is 24.1 Å². The van der Waals surface area contributed by atoms with Gasteiger partial charge in [-0.1, -0.05) is 18.1 Å². The zero-order valence-corrected chi connectivity index (χ0v) is 16.5. The summed E-state index contributed by atoms with van der Waals surface area (Å²) in [5, 5.41) is 4.08. The fraction of sp³-hybridized carbons (Fsp3) is 0.429. The molecule has 2 fully saturated rings. The fourth-order valence-electron chi connectivity index (χ4n) is 4.23. The number of nitrogens with zero attached hydrogens (tertiary/aromatic N) is 5. The van der Waals surface area contributed by atoms with Crippen LogP contribution in [0.15, 0.2) is 33.8 Å². The predicted octanol–water partition coefficient (Wildman–Crippen LogP) is 3.07. The van der Waals surface area contributed by atoms with Crippen molar-refractivity contribution in [2.45, 2.75) is 50.7 Å². The van der Waals surface area contributed by atoms with Gasteiger partial charge in [-0.2, -0.15) is 4.98 Å². The number of rotatable bonds is 4. The van der Waals surface area contributed by atoms with E-state index in [-0.39, 0.29) is 35.0 Å². The molecule has 1 saturated heterocycles. The highest BCUT2D eigenvalue weighted by molar-refractivity contribution is 5.84. The summed E-state index contributed by atoms with van der Waals surface area (Å²) in [7, 11) is 0. The fourth-order valence-corrected chi connectivity index (χ4v) is 4.23. The third-order valence-corrected chi connectivity index (χ3v) is 6.27. The molecular weight excluding hydrogens is 389 g/mol. The van der Waals surface area contributed by atoms with Crippen molar-refractivity contribution in [2.75, 3.05) is 6.61 Å². The number of fused-ring (bicyclic) bond motifs is 3. The molecule has 1 aromatic carbocycles. The van der Waals surface area contributed by atoms with E-state index in [4.69, 9.17) is 9.26 Å². The summed E-state index contributed by atoms with van der Waals surface area (Å²) in [6.45, 7) is 3.01. The van der Waals surface area contributed by atoms with Crippen LogP contribution < -0.4 is 5.56 Å². The molecule has 0 amide bonds. The van der Waals surface area contributed by atoms with Gasteiger partial charge in [-0.25, -0.2) is 9.37 Å². The molecule has 30 heavy (non-hydrogen) atoms. The maximum absolute atomic E-state index is 14.8. The van der Waals surface area contributed by atoms with Crippen LogP contribution in [-0.2, 0) is 16.7 Å². The highest BCUT2D eigenvalue weighted by Gasteiger charge is 2.44. The van der Waals surface area contributed by atoms with Gasteiger partial charge in [0.25, 0.3) is 5.56 Å². The van der Waals surface area contributed by atoms with Gasteiger partial charge in [-0.15, -0.1) is 0 Å². The lowest BCUT2D eigenvalue weighted by atomic mass is 10.1. The topological polar surface area (TPSA) is 87.5 Å². The molecule has 154 valence electrons. The third kappa shape index (κ3) is 2.54. The quantitative estimate of drug-likeness (QED) is 0.515. The van der Waals surface area contributed by atoms with Crippen molar-refractivity contribution in [3.05, 3.63) is 46.6 Å². The number of ether oxygens (including phenoxy) is 1. The maximum Gasteiger partial charge on any atom is 0.277 e. The number of imidazole rings is 1. The first kappa shape index (κ1) is 17.8. The standard InChI is InChI=1S/C21H20FN5O3/c1-21(7-8-21)20-24-18(25-30-20)15-17-19(28)26(10-12-4-3-9-29-12)16-13(22)5-2-6-14(16)27(17)11-23-15/h2,5-6,11-12H,3-4,7-10H2,1H3. The van der Waals surface area contributed by atoms with Gasteiger partial charge in [0.2, 0.25) is 11.7 Å². The van der Waals surface area contributed by atoms with Crippen molar-refractivity contribution in [1.29, 1.82) is 0 Å². The summed E-state index contributed by atoms with van der Waals surface area (Å²) >= 11 is 0. The van der Waals surface area contributed by atoms with Gasteiger partial charge in [0.15, 0.2) is 0 Å². The molecule has 1 atom stereocenters. The van der Waals surface area contributed by atoms with Crippen LogP contribution in [-0.4, -0.2) is 36.8 Å². The van der Waals surface area contributed by atoms with E-state index in [1.54, 1.807) is 16.5 Å². The Labute approximate surface area is 170 Å². The Morgan fingerprint density at radius 1 is 1.30 bits per heavy atom. The molecular formula is C21H20FN5O3. The number of halogens is 1. The summed E-state index contributed by atoms with van der Waals surface area (Å²) in [6.07, 6.45) is 5.16. The second kappa shape index (κ2) is 6.21. The van der Waals surface area contributed by atoms with Crippen LogP contribution in [0, 0.1) is 5.82 Å². The summed E-state index contributed by atoms with van der Waals surface area (Å²) in [6, 6.07) is 4.76. The molecule has 1 aliphatic heterocycles. The lowest BCUT2D eigenvalue weighted by Gasteiger charge is -2.16. The first-order valence-corrected chi connectivity index (χ1v) is 10.2. The van der Waals surface area contributed by atoms with Crippen LogP contribution in [0.4, 0.5) is 4.39 Å². The highest BCUT2D eigenvalue weighted by atomic mass is 19.1. The molecule has 0 spiro atoms. The van der Waals surface area contributed by atoms with E-state index < -0.39 is 5.82 Å². The molecule has 0 N–H and O–H groups in total. The van der Waals surface area contributed by atoms with Crippen LogP contribution >= 0.6 is 0 Å². The second-order valence-electron chi connectivity index (χ2n) is 8.45. The van der Waals surface area contributed by atoms with Crippen LogP contribution in [0.2, 0.25) is 0 Å². The normalized spacial score (nSPS) is 20.4. The summed E-state index contributed by atoms with van der Waals surface area (Å²) in [5.41, 5.74) is 1.01. The molecule has 0 bridgehead atoms. The monoisotopic (exact) mass is 409 g/mol. The lowest BCUT2D eigenvalue weighted by Crippen LogP contribution is -2.29. The van der Waals surface area contributed by atoms with Crippen LogP contribution in [0.5, 0.6) is 0 Å². The van der Waals surface area contributed by atoms with Crippen LogP contribution in [0.25, 0.3) is 28.1 Å². The van der Waals surface area contributed by atoms with Gasteiger partial charge in [-0.05, 0) is 37.8 Å². The van der Waals surface area contributed by atoms with Crippen molar-refractivity contribution in [2.24, 2.45) is 0 Å². The number of para-hydroxylation sites is 1. The Balaban J connectivity index is 1.60. The number of benzene rings is 1. The molecule has 8 nitrogen and oxygen atoms in total. The number of aromatic nitrogens is 5. The van der Waals surface area contributed by atoms with Gasteiger partial charge < -0.3 is 9.26 Å². The van der Waals surface area contributed by atoms with Crippen molar-refractivity contribution in [3.63, 3.8) is 0 Å². The van der Waals surface area contributed by atoms with E-state index in [2.05, 4.69) is 22.0 Å². The second-order valence-corrected chi connectivity index (χ2v) is 8.45. The lowest BCUT2D eigenvalue weighted by molar-refractivity contribution is 0.0972. The van der Waals surface area contributed by atoms with Gasteiger partial charge in [0.1, 0.15) is 28.9 Å². The first-order chi connectivity index (χ1) is 14.5. The van der Waals surface area contributed by atoms with Gasteiger partial charge in [0, 0.05) is 12.0 Å². The highest BCUT2D eigenvalue weighted by Crippen LogP contribution is 2.47. The average Bonchev–Trinajstić information content (AvgIpc) is 3.22. The Morgan fingerprint density at radius 3 is 2.93 bits per heavy atom. The van der Waals surface area contributed by atoms with Crippen molar-refractivity contribution in [3.8, 4) is 11.5 Å². The van der Waals surface area contributed by atoms with Crippen LogP contribution in [0.3, 0.4) is 0 Å². The molecule has 1 unspecified atom stereocenters. The van der Waals surface area contributed by atoms with Crippen LogP contribution in [0.1, 0.15) is 38.5 Å². The van der Waals surface area contributed by atoms with E-state index in [1.165, 1.54) is 17.0 Å². The predicted molar refractivity (Wildman–Crippen MR) is 106 cm³/mol. The Morgan fingerprint density at radius 2 is 2.17 bits per heavy atom. The Kier molecular flexibility index (Phi) is 3.68. The van der Waals surface area contributed by atoms with E-state index in [9.17, 15) is 9.18 Å². The first-order valence-electron chi connectivity index (χ1n) is 10.2. The molecule has 1 saturated carbocycles. The minimum Gasteiger partial charge on any atom is -0.376 e. The number of hydrogen-bond acceptors (Lipinski definition) is 6. The summed E-state index contributed by atoms with van der Waals surface area (Å²) in [4.78, 5) is 22.5. The largest absolute Gasteiger partial charge is 0.376 e. The van der Waals surface area contributed by atoms with Crippen molar-refractivity contribution >= 4 is 16.6 Å². The SMILES string of the molecule is CC1(c2nc(-c3ncn4c3c(=O)n(CC3CCCO3)c3c(F)cccc34)no2)CC1. The average molecular weight is 409 g/mol. The summed E-state index contributed by atoms with van der Waals surface area (Å²) < 4.78 is 29.1. The van der Waals surface area contributed by atoms with Gasteiger partial charge >= 0.3 is 0 Å². The molecule has 3 aromatic heterocycles. The van der Waals surface area contributed by atoms with E-state index in [1.807, 2.05) is 0 Å². The van der Waals surface area contributed by atoms with Gasteiger partial charge in [0.05, 0.1) is 18.2 Å². The molecule has 6 rings (SSSR count). The smallest absolute Gasteiger partial charge is 0.277 e. The molecule has 9 heteroatoms. The minimum absolute atomic E-state index is 0.0867. The molecule has 4 aromatic rings.